The fourth-order valence-corrected chi connectivity index (χ4v) is 2.01. The molecule has 0 spiro atoms. The Balaban J connectivity index is 2.35. The zero-order valence-electron chi connectivity index (χ0n) is 11.1. The summed E-state index contributed by atoms with van der Waals surface area (Å²) in [5, 5.41) is 14.4. The van der Waals surface area contributed by atoms with E-state index in [9.17, 15) is 9.18 Å². The molecule has 2 aromatic carbocycles. The Morgan fingerprint density at radius 1 is 1.33 bits per heavy atom. The summed E-state index contributed by atoms with van der Waals surface area (Å²) in [6, 6.07) is 10.7. The van der Waals surface area contributed by atoms with Crippen LogP contribution in [-0.2, 0) is 0 Å². The van der Waals surface area contributed by atoms with Gasteiger partial charge in [-0.15, -0.1) is 0 Å². The van der Waals surface area contributed by atoms with Gasteiger partial charge in [0.15, 0.2) is 0 Å². The van der Waals surface area contributed by atoms with Crippen LogP contribution in [-0.4, -0.2) is 13.0 Å². The number of hydrogen-bond donors (Lipinski definition) is 2. The van der Waals surface area contributed by atoms with E-state index in [4.69, 9.17) is 16.9 Å². The van der Waals surface area contributed by atoms with Crippen LogP contribution in [0.2, 0.25) is 5.02 Å². The summed E-state index contributed by atoms with van der Waals surface area (Å²) in [7, 11) is 1.53. The van der Waals surface area contributed by atoms with Crippen molar-refractivity contribution in [2.45, 2.75) is 0 Å². The Bertz CT molecular complexity index is 740. The minimum atomic E-state index is -0.526. The molecule has 1 amide bonds. The molecule has 0 aliphatic carbocycles. The number of amides is 1. The van der Waals surface area contributed by atoms with Gasteiger partial charge in [-0.2, -0.15) is 5.26 Å². The van der Waals surface area contributed by atoms with Crippen LogP contribution in [0.15, 0.2) is 36.4 Å². The third-order valence-electron chi connectivity index (χ3n) is 2.85. The lowest BCUT2D eigenvalue weighted by atomic mass is 10.1. The second-order valence-corrected chi connectivity index (χ2v) is 4.58. The van der Waals surface area contributed by atoms with Crippen molar-refractivity contribution in [2.24, 2.45) is 0 Å². The second-order valence-electron chi connectivity index (χ2n) is 4.17. The van der Waals surface area contributed by atoms with Crippen LogP contribution >= 0.6 is 11.6 Å². The third-order valence-corrected chi connectivity index (χ3v) is 3.18. The topological polar surface area (TPSA) is 64.9 Å². The molecular formula is C15H11ClFN3O. The lowest BCUT2D eigenvalue weighted by molar-refractivity contribution is 0.102. The first-order valence-electron chi connectivity index (χ1n) is 6.04. The van der Waals surface area contributed by atoms with Crippen LogP contribution in [0.25, 0.3) is 0 Å². The quantitative estimate of drug-likeness (QED) is 0.909. The molecule has 0 heterocycles. The van der Waals surface area contributed by atoms with E-state index < -0.39 is 11.7 Å². The number of rotatable bonds is 3. The maximum atomic E-state index is 13.6. The highest BCUT2D eigenvalue weighted by Gasteiger charge is 2.15. The Morgan fingerprint density at radius 2 is 2.10 bits per heavy atom. The van der Waals surface area contributed by atoms with Crippen molar-refractivity contribution in [1.82, 2.24) is 0 Å². The van der Waals surface area contributed by atoms with E-state index in [1.807, 2.05) is 6.07 Å². The molecule has 0 bridgehead atoms. The Labute approximate surface area is 126 Å². The van der Waals surface area contributed by atoms with Gasteiger partial charge in [-0.25, -0.2) is 4.39 Å². The molecule has 0 unspecified atom stereocenters. The first-order chi connectivity index (χ1) is 10.1. The number of halogens is 2. The van der Waals surface area contributed by atoms with Gasteiger partial charge in [-0.05, 0) is 30.3 Å². The Hall–Kier alpha value is -2.58. The van der Waals surface area contributed by atoms with Crippen LogP contribution in [0.3, 0.4) is 0 Å². The van der Waals surface area contributed by atoms with Gasteiger partial charge in [-0.1, -0.05) is 17.7 Å². The van der Waals surface area contributed by atoms with E-state index in [0.29, 0.717) is 16.3 Å². The molecule has 0 saturated carbocycles. The molecular weight excluding hydrogens is 293 g/mol. The number of nitriles is 1. The fraction of sp³-hybridized carbons (Fsp3) is 0.0667. The number of benzene rings is 2. The zero-order valence-corrected chi connectivity index (χ0v) is 11.8. The van der Waals surface area contributed by atoms with Crippen molar-refractivity contribution in [1.29, 1.82) is 5.26 Å². The summed E-state index contributed by atoms with van der Waals surface area (Å²) >= 11 is 5.98. The number of nitrogens with zero attached hydrogens (tertiary/aromatic N) is 1. The first kappa shape index (κ1) is 14.8. The third kappa shape index (κ3) is 3.12. The van der Waals surface area contributed by atoms with E-state index in [2.05, 4.69) is 10.6 Å². The number of hydrogen-bond acceptors (Lipinski definition) is 3. The molecule has 0 radical (unpaired) electrons. The van der Waals surface area contributed by atoms with Crippen LogP contribution < -0.4 is 10.6 Å². The van der Waals surface area contributed by atoms with Gasteiger partial charge >= 0.3 is 0 Å². The van der Waals surface area contributed by atoms with Gasteiger partial charge < -0.3 is 10.6 Å². The van der Waals surface area contributed by atoms with Crippen LogP contribution in [0.4, 0.5) is 15.8 Å². The number of anilines is 2. The molecule has 0 aliphatic heterocycles. The average molecular weight is 304 g/mol. The summed E-state index contributed by atoms with van der Waals surface area (Å²) in [6.07, 6.45) is 0. The first-order valence-corrected chi connectivity index (χ1v) is 6.42. The maximum absolute atomic E-state index is 13.6. The summed E-state index contributed by atoms with van der Waals surface area (Å²) in [5.41, 5.74) is 0.910. The standard InChI is InChI=1S/C15H11ClFN3O/c1-19-14-10(3-2-4-12(14)17)15(21)20-13-7-9(8-18)5-6-11(13)16/h2-7,19H,1H3,(H,20,21). The number of nitrogens with one attached hydrogen (secondary N) is 2. The maximum Gasteiger partial charge on any atom is 0.257 e. The largest absolute Gasteiger partial charge is 0.385 e. The normalized spacial score (nSPS) is 9.81. The molecule has 0 aliphatic rings. The highest BCUT2D eigenvalue weighted by atomic mass is 35.5. The van der Waals surface area contributed by atoms with Crippen LogP contribution in [0.5, 0.6) is 0 Å². The van der Waals surface area contributed by atoms with Crippen molar-refractivity contribution in [3.05, 3.63) is 58.4 Å². The summed E-state index contributed by atoms with van der Waals surface area (Å²) in [5.74, 6) is -1.04. The fourth-order valence-electron chi connectivity index (χ4n) is 1.85. The SMILES string of the molecule is CNc1c(F)cccc1C(=O)Nc1cc(C#N)ccc1Cl. The van der Waals surface area contributed by atoms with Gasteiger partial charge in [-0.3, -0.25) is 4.79 Å². The monoisotopic (exact) mass is 303 g/mol. The van der Waals surface area contributed by atoms with Crippen molar-refractivity contribution in [3.8, 4) is 6.07 Å². The van der Waals surface area contributed by atoms with Gasteiger partial charge in [0.2, 0.25) is 0 Å². The summed E-state index contributed by atoms with van der Waals surface area (Å²) < 4.78 is 13.6. The molecule has 4 nitrogen and oxygen atoms in total. The molecule has 0 atom stereocenters. The van der Waals surface area contributed by atoms with Crippen molar-refractivity contribution in [2.75, 3.05) is 17.7 Å². The highest BCUT2D eigenvalue weighted by Crippen LogP contribution is 2.25. The van der Waals surface area contributed by atoms with E-state index in [1.54, 1.807) is 6.07 Å². The lowest BCUT2D eigenvalue weighted by Crippen LogP contribution is -2.15. The number of para-hydroxylation sites is 1. The van der Waals surface area contributed by atoms with Gasteiger partial charge in [0, 0.05) is 7.05 Å². The lowest BCUT2D eigenvalue weighted by Gasteiger charge is -2.11. The number of carbonyl (C=O) groups excluding carboxylic acids is 1. The Morgan fingerprint density at radius 3 is 2.76 bits per heavy atom. The van der Waals surface area contributed by atoms with Crippen molar-refractivity contribution < 1.29 is 9.18 Å². The van der Waals surface area contributed by atoms with Crippen molar-refractivity contribution >= 4 is 28.9 Å². The molecule has 2 rings (SSSR count). The van der Waals surface area contributed by atoms with Crippen molar-refractivity contribution in [3.63, 3.8) is 0 Å². The summed E-state index contributed by atoms with van der Waals surface area (Å²) in [4.78, 5) is 12.2. The minimum Gasteiger partial charge on any atom is -0.385 e. The van der Waals surface area contributed by atoms with Gasteiger partial charge in [0.05, 0.1) is 33.6 Å². The minimum absolute atomic E-state index is 0.0996. The zero-order chi connectivity index (χ0) is 15.4. The molecule has 6 heteroatoms. The predicted octanol–water partition coefficient (Wildman–Crippen LogP) is 3.64. The average Bonchev–Trinajstić information content (AvgIpc) is 2.49. The van der Waals surface area contributed by atoms with E-state index >= 15 is 0 Å². The molecule has 106 valence electrons. The second kappa shape index (κ2) is 6.25. The predicted molar refractivity (Wildman–Crippen MR) is 80.1 cm³/mol. The van der Waals surface area contributed by atoms with E-state index in [1.165, 1.54) is 37.4 Å². The molecule has 2 N–H and O–H groups in total. The van der Waals surface area contributed by atoms with Gasteiger partial charge in [0.1, 0.15) is 5.82 Å². The molecule has 0 saturated heterocycles. The van der Waals surface area contributed by atoms with Gasteiger partial charge in [0.25, 0.3) is 5.91 Å². The van der Waals surface area contributed by atoms with Crippen LogP contribution in [0.1, 0.15) is 15.9 Å². The van der Waals surface area contributed by atoms with Crippen LogP contribution in [0, 0.1) is 17.1 Å². The molecule has 0 aromatic heterocycles. The van der Waals surface area contributed by atoms with E-state index in [-0.39, 0.29) is 11.3 Å². The smallest absolute Gasteiger partial charge is 0.257 e. The molecule has 0 fully saturated rings. The summed E-state index contributed by atoms with van der Waals surface area (Å²) in [6.45, 7) is 0. The number of carbonyl (C=O) groups is 1. The Kier molecular flexibility index (Phi) is 4.41. The van der Waals surface area contributed by atoms with E-state index in [0.717, 1.165) is 0 Å². The highest BCUT2D eigenvalue weighted by molar-refractivity contribution is 6.34. The molecule has 21 heavy (non-hydrogen) atoms. The molecule has 2 aromatic rings.